The van der Waals surface area contributed by atoms with Crippen LogP contribution in [0.2, 0.25) is 0 Å². The lowest BCUT2D eigenvalue weighted by atomic mass is 9.96. The molecule has 0 atom stereocenters. The van der Waals surface area contributed by atoms with Gasteiger partial charge in [-0.05, 0) is 12.8 Å². The Morgan fingerprint density at radius 1 is 1.12 bits per heavy atom. The molecule has 5 heteroatoms. The molecule has 98 valence electrons. The van der Waals surface area contributed by atoms with Crippen molar-refractivity contribution in [3.05, 3.63) is 11.7 Å². The Morgan fingerprint density at radius 2 is 1.71 bits per heavy atom. The summed E-state index contributed by atoms with van der Waals surface area (Å²) in [5.41, 5.74) is 0. The van der Waals surface area contributed by atoms with Crippen LogP contribution in [0.15, 0.2) is 4.52 Å². The first-order valence-corrected chi connectivity index (χ1v) is 6.30. The molecule has 0 spiro atoms. The summed E-state index contributed by atoms with van der Waals surface area (Å²) < 4.78 is 29.7. The smallest absolute Gasteiger partial charge is 0.300 e. The van der Waals surface area contributed by atoms with E-state index in [9.17, 15) is 8.78 Å². The van der Waals surface area contributed by atoms with Crippen molar-refractivity contribution in [3.63, 3.8) is 0 Å². The number of aromatic nitrogens is 2. The van der Waals surface area contributed by atoms with Gasteiger partial charge in [0.25, 0.3) is 0 Å². The summed E-state index contributed by atoms with van der Waals surface area (Å²) in [5.74, 6) is 0.0232. The highest BCUT2D eigenvalue weighted by atomic mass is 19.3. The van der Waals surface area contributed by atoms with Gasteiger partial charge in [0.2, 0.25) is 11.7 Å². The molecule has 0 unspecified atom stereocenters. The van der Waals surface area contributed by atoms with Gasteiger partial charge in [0.15, 0.2) is 0 Å². The van der Waals surface area contributed by atoms with E-state index < -0.39 is 12.2 Å². The van der Waals surface area contributed by atoms with Crippen molar-refractivity contribution in [1.29, 1.82) is 0 Å². The maximum atomic E-state index is 12.4. The summed E-state index contributed by atoms with van der Waals surface area (Å²) in [6.45, 7) is 4.21. The van der Waals surface area contributed by atoms with Gasteiger partial charge in [0, 0.05) is 5.92 Å². The van der Waals surface area contributed by atoms with E-state index in [1.54, 1.807) is 0 Å². The minimum atomic E-state index is -2.65. The third-order valence-corrected chi connectivity index (χ3v) is 2.81. The molecule has 1 rings (SSSR count). The van der Waals surface area contributed by atoms with Crippen molar-refractivity contribution in [2.75, 3.05) is 0 Å². The topological polar surface area (TPSA) is 38.9 Å². The number of unbranched alkanes of at least 4 members (excludes halogenated alkanes) is 2. The fourth-order valence-electron chi connectivity index (χ4n) is 1.79. The van der Waals surface area contributed by atoms with Crippen LogP contribution in [0.25, 0.3) is 0 Å². The molecule has 1 aromatic rings. The summed E-state index contributed by atoms with van der Waals surface area (Å²) in [6, 6.07) is 0. The minimum Gasteiger partial charge on any atom is -0.339 e. The normalized spacial score (nSPS) is 11.6. The van der Waals surface area contributed by atoms with E-state index in [0.29, 0.717) is 5.89 Å². The van der Waals surface area contributed by atoms with Gasteiger partial charge in [-0.3, -0.25) is 0 Å². The van der Waals surface area contributed by atoms with E-state index in [4.69, 9.17) is 4.52 Å². The average molecular weight is 246 g/mol. The summed E-state index contributed by atoms with van der Waals surface area (Å²) in [5, 5.41) is 3.32. The maximum absolute atomic E-state index is 12.4. The predicted molar refractivity (Wildman–Crippen MR) is 61.0 cm³/mol. The largest absolute Gasteiger partial charge is 0.339 e. The van der Waals surface area contributed by atoms with E-state index >= 15 is 0 Å². The Labute approximate surface area is 101 Å². The molecular weight excluding hydrogens is 226 g/mol. The van der Waals surface area contributed by atoms with Gasteiger partial charge in [-0.25, -0.2) is 8.78 Å². The van der Waals surface area contributed by atoms with Crippen molar-refractivity contribution in [2.45, 2.75) is 64.7 Å². The van der Waals surface area contributed by atoms with Crippen LogP contribution in [0.1, 0.15) is 76.4 Å². The quantitative estimate of drug-likeness (QED) is 0.679. The minimum absolute atomic E-state index is 0.134. The number of hydrogen-bond acceptors (Lipinski definition) is 3. The molecule has 1 heterocycles. The highest BCUT2D eigenvalue weighted by Crippen LogP contribution is 2.27. The molecule has 0 saturated carbocycles. The van der Waals surface area contributed by atoms with Crippen LogP contribution in [0.5, 0.6) is 0 Å². The van der Waals surface area contributed by atoms with Crippen molar-refractivity contribution in [2.24, 2.45) is 0 Å². The van der Waals surface area contributed by atoms with Gasteiger partial charge in [-0.2, -0.15) is 4.98 Å². The zero-order valence-electron chi connectivity index (χ0n) is 10.5. The van der Waals surface area contributed by atoms with Crippen LogP contribution < -0.4 is 0 Å². The molecule has 3 nitrogen and oxygen atoms in total. The van der Waals surface area contributed by atoms with Crippen LogP contribution >= 0.6 is 0 Å². The monoisotopic (exact) mass is 246 g/mol. The summed E-state index contributed by atoms with van der Waals surface area (Å²) in [4.78, 5) is 3.79. The van der Waals surface area contributed by atoms with E-state index in [2.05, 4.69) is 24.0 Å². The first-order chi connectivity index (χ1) is 8.19. The molecule has 0 amide bonds. The van der Waals surface area contributed by atoms with Crippen LogP contribution in [-0.4, -0.2) is 10.1 Å². The van der Waals surface area contributed by atoms with Crippen molar-refractivity contribution < 1.29 is 13.3 Å². The molecule has 0 aromatic carbocycles. The van der Waals surface area contributed by atoms with Gasteiger partial charge in [-0.1, -0.05) is 44.7 Å². The van der Waals surface area contributed by atoms with Crippen molar-refractivity contribution in [3.8, 4) is 0 Å². The van der Waals surface area contributed by atoms with E-state index in [1.165, 1.54) is 0 Å². The second-order valence-electron chi connectivity index (χ2n) is 4.27. The Balaban J connectivity index is 2.65. The van der Waals surface area contributed by atoms with Crippen LogP contribution in [-0.2, 0) is 0 Å². The third kappa shape index (κ3) is 4.40. The molecule has 1 aromatic heterocycles. The van der Waals surface area contributed by atoms with Crippen molar-refractivity contribution >= 4 is 0 Å². The Hall–Kier alpha value is -1.00. The SMILES string of the molecule is CCCCC(CCCC)c1nc(C(F)F)no1. The number of nitrogens with zero attached hydrogens (tertiary/aromatic N) is 2. The van der Waals surface area contributed by atoms with Gasteiger partial charge in [0.1, 0.15) is 0 Å². The van der Waals surface area contributed by atoms with Crippen LogP contribution in [0.4, 0.5) is 8.78 Å². The molecule has 0 fully saturated rings. The summed E-state index contributed by atoms with van der Waals surface area (Å²) >= 11 is 0. The fourth-order valence-corrected chi connectivity index (χ4v) is 1.79. The summed E-state index contributed by atoms with van der Waals surface area (Å²) in [6.07, 6.45) is 3.49. The van der Waals surface area contributed by atoms with Gasteiger partial charge < -0.3 is 4.52 Å². The first kappa shape index (κ1) is 14.1. The zero-order chi connectivity index (χ0) is 12.7. The molecule has 0 saturated heterocycles. The lowest BCUT2D eigenvalue weighted by Gasteiger charge is -2.10. The Bertz CT molecular complexity index is 307. The average Bonchev–Trinajstić information content (AvgIpc) is 2.79. The molecule has 0 aliphatic heterocycles. The van der Waals surface area contributed by atoms with Gasteiger partial charge >= 0.3 is 6.43 Å². The number of rotatable bonds is 8. The molecule has 0 bridgehead atoms. The van der Waals surface area contributed by atoms with Crippen LogP contribution in [0, 0.1) is 0 Å². The third-order valence-electron chi connectivity index (χ3n) is 2.81. The standard InChI is InChI=1S/C12H20F2N2O/c1-3-5-7-9(8-6-4-2)12-15-11(10(13)14)16-17-12/h9-10H,3-8H2,1-2H3. The predicted octanol–water partition coefficient (Wildman–Crippen LogP) is 4.47. The second-order valence-corrected chi connectivity index (χ2v) is 4.27. The lowest BCUT2D eigenvalue weighted by molar-refractivity contribution is 0.136. The first-order valence-electron chi connectivity index (χ1n) is 6.30. The number of alkyl halides is 2. The number of halogens is 2. The fraction of sp³-hybridized carbons (Fsp3) is 0.833. The highest BCUT2D eigenvalue weighted by molar-refractivity contribution is 4.94. The Kier molecular flexibility index (Phi) is 6.08. The lowest BCUT2D eigenvalue weighted by Crippen LogP contribution is -2.00. The molecule has 0 N–H and O–H groups in total. The second kappa shape index (κ2) is 7.35. The Morgan fingerprint density at radius 3 is 2.12 bits per heavy atom. The van der Waals surface area contributed by atoms with E-state index in [1.807, 2.05) is 0 Å². The molecule has 17 heavy (non-hydrogen) atoms. The van der Waals surface area contributed by atoms with Crippen LogP contribution in [0.3, 0.4) is 0 Å². The summed E-state index contributed by atoms with van der Waals surface area (Å²) in [7, 11) is 0. The molecule has 0 radical (unpaired) electrons. The van der Waals surface area contributed by atoms with Gasteiger partial charge in [0.05, 0.1) is 0 Å². The molecule has 0 aliphatic rings. The van der Waals surface area contributed by atoms with E-state index in [0.717, 1.165) is 38.5 Å². The highest BCUT2D eigenvalue weighted by Gasteiger charge is 2.21. The van der Waals surface area contributed by atoms with E-state index in [-0.39, 0.29) is 5.92 Å². The van der Waals surface area contributed by atoms with Crippen molar-refractivity contribution in [1.82, 2.24) is 10.1 Å². The number of hydrogen-bond donors (Lipinski definition) is 0. The molecular formula is C12H20F2N2O. The van der Waals surface area contributed by atoms with Gasteiger partial charge in [-0.15, -0.1) is 0 Å². The molecule has 0 aliphatic carbocycles. The maximum Gasteiger partial charge on any atom is 0.300 e. The zero-order valence-corrected chi connectivity index (χ0v) is 10.5.